The first-order valence-electron chi connectivity index (χ1n) is 4.09. The quantitative estimate of drug-likeness (QED) is 0.293. The van der Waals surface area contributed by atoms with Gasteiger partial charge >= 0.3 is 13.6 Å². The first-order chi connectivity index (χ1) is 6.58. The van der Waals surface area contributed by atoms with Gasteiger partial charge in [-0.05, 0) is 13.8 Å². The highest BCUT2D eigenvalue weighted by molar-refractivity contribution is 7.53. The molecule has 0 amide bonds. The molecule has 14 heavy (non-hydrogen) atoms. The van der Waals surface area contributed by atoms with Crippen molar-refractivity contribution in [3.05, 3.63) is 0 Å². The number of hydrogen-bond donors (Lipinski definition) is 0. The summed E-state index contributed by atoms with van der Waals surface area (Å²) in [7, 11) is -3.33. The summed E-state index contributed by atoms with van der Waals surface area (Å²) in [6.07, 6.45) is 4.31. The summed E-state index contributed by atoms with van der Waals surface area (Å²) in [6, 6.07) is 0. The van der Waals surface area contributed by atoms with Crippen LogP contribution in [0.5, 0.6) is 0 Å². The van der Waals surface area contributed by atoms with Crippen LogP contribution in [0.25, 0.3) is 0 Å². The SMILES string of the molecule is C#CC(=O)OCP(=O)(OCC)OCC. The molecular weight excluding hydrogens is 207 g/mol. The van der Waals surface area contributed by atoms with Gasteiger partial charge in [-0.1, -0.05) is 0 Å². The van der Waals surface area contributed by atoms with E-state index in [2.05, 4.69) is 4.74 Å². The molecule has 80 valence electrons. The first kappa shape index (κ1) is 13.2. The van der Waals surface area contributed by atoms with E-state index in [1.807, 2.05) is 0 Å². The Morgan fingerprint density at radius 3 is 2.21 bits per heavy atom. The molecule has 0 unspecified atom stereocenters. The zero-order chi connectivity index (χ0) is 11.0. The van der Waals surface area contributed by atoms with Crippen molar-refractivity contribution in [3.8, 4) is 12.3 Å². The monoisotopic (exact) mass is 220 g/mol. The third-order valence-corrected chi connectivity index (χ3v) is 2.87. The molecule has 0 N–H and O–H groups in total. The van der Waals surface area contributed by atoms with E-state index < -0.39 is 19.9 Å². The van der Waals surface area contributed by atoms with E-state index in [0.717, 1.165) is 0 Å². The van der Waals surface area contributed by atoms with Gasteiger partial charge in [-0.25, -0.2) is 4.79 Å². The van der Waals surface area contributed by atoms with Crippen LogP contribution in [-0.4, -0.2) is 25.5 Å². The number of carbonyl (C=O) groups is 1. The minimum absolute atomic E-state index is 0.213. The Morgan fingerprint density at radius 2 is 1.86 bits per heavy atom. The maximum Gasteiger partial charge on any atom is 0.384 e. The lowest BCUT2D eigenvalue weighted by atomic mass is 10.7. The molecule has 0 atom stereocenters. The molecule has 0 bridgehead atoms. The second-order valence-electron chi connectivity index (χ2n) is 2.15. The van der Waals surface area contributed by atoms with Crippen molar-refractivity contribution in [2.75, 3.05) is 19.6 Å². The normalized spacial score (nSPS) is 10.6. The van der Waals surface area contributed by atoms with Crippen molar-refractivity contribution >= 4 is 13.6 Å². The lowest BCUT2D eigenvalue weighted by Gasteiger charge is -2.15. The second kappa shape index (κ2) is 6.61. The third-order valence-electron chi connectivity index (χ3n) is 1.12. The molecule has 0 aliphatic carbocycles. The van der Waals surface area contributed by atoms with Gasteiger partial charge in [-0.2, -0.15) is 0 Å². The van der Waals surface area contributed by atoms with Gasteiger partial charge < -0.3 is 13.8 Å². The molecule has 0 aliphatic heterocycles. The molecule has 0 rings (SSSR count). The predicted molar refractivity (Wildman–Crippen MR) is 50.7 cm³/mol. The molecule has 0 aromatic carbocycles. The van der Waals surface area contributed by atoms with Crippen molar-refractivity contribution in [2.45, 2.75) is 13.8 Å². The number of terminal acetylenes is 1. The van der Waals surface area contributed by atoms with Crippen LogP contribution in [0.4, 0.5) is 0 Å². The van der Waals surface area contributed by atoms with Crippen LogP contribution in [0.3, 0.4) is 0 Å². The Bertz CT molecular complexity index is 257. The lowest BCUT2D eigenvalue weighted by Crippen LogP contribution is -2.07. The highest BCUT2D eigenvalue weighted by Crippen LogP contribution is 2.47. The second-order valence-corrected chi connectivity index (χ2v) is 4.15. The molecular formula is C8H13O5P. The van der Waals surface area contributed by atoms with Gasteiger partial charge in [-0.3, -0.25) is 4.57 Å². The van der Waals surface area contributed by atoms with E-state index >= 15 is 0 Å². The minimum atomic E-state index is -3.33. The topological polar surface area (TPSA) is 61.8 Å². The molecule has 0 radical (unpaired) electrons. The van der Waals surface area contributed by atoms with E-state index in [4.69, 9.17) is 15.5 Å². The molecule has 0 aromatic heterocycles. The summed E-state index contributed by atoms with van der Waals surface area (Å²) in [5, 5.41) is 0. The summed E-state index contributed by atoms with van der Waals surface area (Å²) in [4.78, 5) is 10.6. The Labute approximate surface area is 83.3 Å². The molecule has 6 heteroatoms. The molecule has 0 saturated heterocycles. The number of ether oxygens (including phenoxy) is 1. The summed E-state index contributed by atoms with van der Waals surface area (Å²) in [6.45, 7) is 3.75. The largest absolute Gasteiger partial charge is 0.443 e. The summed E-state index contributed by atoms with van der Waals surface area (Å²) in [5.74, 6) is 0.844. The minimum Gasteiger partial charge on any atom is -0.443 e. The van der Waals surface area contributed by atoms with Gasteiger partial charge in [0.1, 0.15) is 0 Å². The van der Waals surface area contributed by atoms with Crippen molar-refractivity contribution in [2.24, 2.45) is 0 Å². The fourth-order valence-corrected chi connectivity index (χ4v) is 1.97. The molecule has 5 nitrogen and oxygen atoms in total. The van der Waals surface area contributed by atoms with E-state index in [9.17, 15) is 9.36 Å². The number of hydrogen-bond acceptors (Lipinski definition) is 5. The molecule has 0 fully saturated rings. The van der Waals surface area contributed by atoms with Crippen molar-refractivity contribution < 1.29 is 23.1 Å². The van der Waals surface area contributed by atoms with E-state index in [1.54, 1.807) is 19.8 Å². The van der Waals surface area contributed by atoms with Crippen molar-refractivity contribution in [1.29, 1.82) is 0 Å². The van der Waals surface area contributed by atoms with Gasteiger partial charge in [0.2, 0.25) is 0 Å². The van der Waals surface area contributed by atoms with Crippen LogP contribution in [0.1, 0.15) is 13.8 Å². The zero-order valence-electron chi connectivity index (χ0n) is 8.19. The van der Waals surface area contributed by atoms with Gasteiger partial charge in [0.05, 0.1) is 13.2 Å². The maximum atomic E-state index is 11.6. The van der Waals surface area contributed by atoms with Crippen molar-refractivity contribution in [3.63, 3.8) is 0 Å². The summed E-state index contributed by atoms with van der Waals surface area (Å²) in [5.41, 5.74) is 0. The number of rotatable bonds is 6. The van der Waals surface area contributed by atoms with Gasteiger partial charge in [-0.15, -0.1) is 6.42 Å². The smallest absolute Gasteiger partial charge is 0.384 e. The zero-order valence-corrected chi connectivity index (χ0v) is 9.08. The fraction of sp³-hybridized carbons (Fsp3) is 0.625. The van der Waals surface area contributed by atoms with Gasteiger partial charge in [0.15, 0.2) is 6.35 Å². The predicted octanol–water partition coefficient (Wildman–Crippen LogP) is 1.39. The lowest BCUT2D eigenvalue weighted by molar-refractivity contribution is -0.135. The summed E-state index contributed by atoms with van der Waals surface area (Å²) >= 11 is 0. The first-order valence-corrected chi connectivity index (χ1v) is 5.82. The van der Waals surface area contributed by atoms with Crippen LogP contribution < -0.4 is 0 Å². The van der Waals surface area contributed by atoms with E-state index in [0.29, 0.717) is 0 Å². The van der Waals surface area contributed by atoms with Crippen LogP contribution in [-0.2, 0) is 23.1 Å². The Kier molecular flexibility index (Phi) is 6.22. The Balaban J connectivity index is 4.17. The van der Waals surface area contributed by atoms with Gasteiger partial charge in [0, 0.05) is 5.92 Å². The third kappa shape index (κ3) is 5.03. The molecule has 0 spiro atoms. The summed E-state index contributed by atoms with van der Waals surface area (Å²) < 4.78 is 25.8. The highest BCUT2D eigenvalue weighted by Gasteiger charge is 2.25. The maximum absolute atomic E-state index is 11.6. The van der Waals surface area contributed by atoms with Crippen LogP contribution in [0.2, 0.25) is 0 Å². The molecule has 0 saturated carbocycles. The number of carbonyl (C=O) groups excluding carboxylic acids is 1. The molecule has 0 heterocycles. The average Bonchev–Trinajstić information content (AvgIpc) is 2.15. The van der Waals surface area contributed by atoms with E-state index in [1.165, 1.54) is 0 Å². The van der Waals surface area contributed by atoms with E-state index in [-0.39, 0.29) is 13.2 Å². The van der Waals surface area contributed by atoms with Crippen molar-refractivity contribution in [1.82, 2.24) is 0 Å². The van der Waals surface area contributed by atoms with Crippen LogP contribution in [0, 0.1) is 12.3 Å². The average molecular weight is 220 g/mol. The Hall–Kier alpha value is -0.820. The fourth-order valence-electron chi connectivity index (χ4n) is 0.685. The van der Waals surface area contributed by atoms with Gasteiger partial charge in [0.25, 0.3) is 0 Å². The molecule has 0 aromatic rings. The molecule has 0 aliphatic rings. The highest BCUT2D eigenvalue weighted by atomic mass is 31.2. The van der Waals surface area contributed by atoms with Crippen LogP contribution in [0.15, 0.2) is 0 Å². The standard InChI is InChI=1S/C8H13O5P/c1-4-8(9)11-7-14(10,12-5-2)13-6-3/h1H,5-7H2,2-3H3. The number of esters is 1. The van der Waals surface area contributed by atoms with Crippen LogP contribution >= 0.6 is 7.60 Å². The Morgan fingerprint density at radius 1 is 1.36 bits per heavy atom.